The summed E-state index contributed by atoms with van der Waals surface area (Å²) in [7, 11) is 0. The van der Waals surface area contributed by atoms with Crippen LogP contribution in [0.4, 0.5) is 11.4 Å². The Balaban J connectivity index is 1.51. The minimum absolute atomic E-state index is 0.0229. The molecule has 1 amide bonds. The Hall–Kier alpha value is -2.00. The Kier molecular flexibility index (Phi) is 5.76. The molecule has 0 spiro atoms. The van der Waals surface area contributed by atoms with E-state index in [1.165, 1.54) is 32.1 Å². The Morgan fingerprint density at radius 3 is 2.21 bits per heavy atom. The smallest absolute Gasteiger partial charge is 0.228 e. The van der Waals surface area contributed by atoms with Gasteiger partial charge in [-0.05, 0) is 54.8 Å². The van der Waals surface area contributed by atoms with Crippen molar-refractivity contribution >= 4 is 28.9 Å². The average Bonchev–Trinajstić information content (AvgIpc) is 2.60. The largest absolute Gasteiger partial charge is 0.382 e. The fourth-order valence-electron chi connectivity index (χ4n) is 3.13. The van der Waals surface area contributed by atoms with Crippen molar-refractivity contribution in [2.75, 3.05) is 10.6 Å². The molecule has 0 radical (unpaired) electrons. The van der Waals surface area contributed by atoms with Crippen LogP contribution in [0.5, 0.6) is 0 Å². The minimum Gasteiger partial charge on any atom is -0.382 e. The maximum atomic E-state index is 12.1. The third-order valence-electron chi connectivity index (χ3n) is 4.42. The van der Waals surface area contributed by atoms with Gasteiger partial charge in [0.1, 0.15) is 0 Å². The third kappa shape index (κ3) is 5.00. The number of hydrogen-bond donors (Lipinski definition) is 2. The summed E-state index contributed by atoms with van der Waals surface area (Å²) in [4.78, 5) is 12.1. The zero-order chi connectivity index (χ0) is 16.8. The molecule has 4 heteroatoms. The van der Waals surface area contributed by atoms with Gasteiger partial charge in [0.25, 0.3) is 0 Å². The first-order valence-electron chi connectivity index (χ1n) is 8.60. The number of carbonyl (C=O) groups excluding carboxylic acids is 1. The van der Waals surface area contributed by atoms with E-state index in [0.717, 1.165) is 16.9 Å². The van der Waals surface area contributed by atoms with E-state index in [2.05, 4.69) is 10.6 Å². The van der Waals surface area contributed by atoms with Crippen molar-refractivity contribution in [3.63, 3.8) is 0 Å². The molecule has 1 fully saturated rings. The quantitative estimate of drug-likeness (QED) is 0.777. The van der Waals surface area contributed by atoms with Crippen LogP contribution in [0.2, 0.25) is 5.02 Å². The second kappa shape index (κ2) is 8.20. The summed E-state index contributed by atoms with van der Waals surface area (Å²) in [5.74, 6) is -0.0229. The molecule has 3 rings (SSSR count). The molecule has 1 aliphatic carbocycles. The molecule has 2 N–H and O–H groups in total. The van der Waals surface area contributed by atoms with Gasteiger partial charge in [0.2, 0.25) is 5.91 Å². The van der Waals surface area contributed by atoms with Crippen molar-refractivity contribution < 1.29 is 4.79 Å². The predicted molar refractivity (Wildman–Crippen MR) is 101 cm³/mol. The lowest BCUT2D eigenvalue weighted by Crippen LogP contribution is -2.22. The zero-order valence-electron chi connectivity index (χ0n) is 13.7. The van der Waals surface area contributed by atoms with Gasteiger partial charge >= 0.3 is 0 Å². The van der Waals surface area contributed by atoms with Gasteiger partial charge in [-0.2, -0.15) is 0 Å². The van der Waals surface area contributed by atoms with E-state index in [9.17, 15) is 4.79 Å². The summed E-state index contributed by atoms with van der Waals surface area (Å²) in [5.41, 5.74) is 2.90. The van der Waals surface area contributed by atoms with Crippen LogP contribution in [0.3, 0.4) is 0 Å². The van der Waals surface area contributed by atoms with Crippen molar-refractivity contribution in [2.24, 2.45) is 0 Å². The number of hydrogen-bond acceptors (Lipinski definition) is 2. The number of anilines is 2. The van der Waals surface area contributed by atoms with Crippen molar-refractivity contribution in [2.45, 2.75) is 44.6 Å². The topological polar surface area (TPSA) is 41.1 Å². The molecule has 3 nitrogen and oxygen atoms in total. The number of amides is 1. The van der Waals surface area contributed by atoms with Crippen molar-refractivity contribution in [1.29, 1.82) is 0 Å². The van der Waals surface area contributed by atoms with E-state index in [-0.39, 0.29) is 5.91 Å². The first kappa shape index (κ1) is 16.8. The number of carbonyl (C=O) groups is 1. The van der Waals surface area contributed by atoms with E-state index in [4.69, 9.17) is 11.6 Å². The maximum absolute atomic E-state index is 12.1. The molecular weight excluding hydrogens is 320 g/mol. The van der Waals surface area contributed by atoms with Crippen LogP contribution in [0.1, 0.15) is 37.7 Å². The summed E-state index contributed by atoms with van der Waals surface area (Å²) in [6.07, 6.45) is 6.84. The number of halogens is 1. The van der Waals surface area contributed by atoms with E-state index >= 15 is 0 Å². The third-order valence-corrected chi connectivity index (χ3v) is 4.67. The Morgan fingerprint density at radius 2 is 1.54 bits per heavy atom. The van der Waals surface area contributed by atoms with Gasteiger partial charge in [-0.15, -0.1) is 0 Å². The van der Waals surface area contributed by atoms with Crippen LogP contribution in [-0.4, -0.2) is 11.9 Å². The molecule has 0 aliphatic heterocycles. The normalized spacial score (nSPS) is 15.0. The number of benzene rings is 2. The molecule has 0 saturated heterocycles. The monoisotopic (exact) mass is 342 g/mol. The van der Waals surface area contributed by atoms with Crippen LogP contribution >= 0.6 is 11.6 Å². The highest BCUT2D eigenvalue weighted by Crippen LogP contribution is 2.22. The fraction of sp³-hybridized carbons (Fsp3) is 0.350. The molecule has 0 bridgehead atoms. The van der Waals surface area contributed by atoms with E-state index in [1.807, 2.05) is 36.4 Å². The van der Waals surface area contributed by atoms with Crippen molar-refractivity contribution in [1.82, 2.24) is 0 Å². The van der Waals surface area contributed by atoms with Crippen LogP contribution in [0.25, 0.3) is 0 Å². The predicted octanol–water partition coefficient (Wildman–Crippen LogP) is 5.27. The molecule has 2 aromatic carbocycles. The minimum atomic E-state index is -0.0229. The van der Waals surface area contributed by atoms with Gasteiger partial charge in [0.05, 0.1) is 6.42 Å². The van der Waals surface area contributed by atoms with Crippen molar-refractivity contribution in [3.05, 3.63) is 59.1 Å². The van der Waals surface area contributed by atoms with E-state index in [0.29, 0.717) is 17.5 Å². The highest BCUT2D eigenvalue weighted by Gasteiger charge is 2.12. The molecule has 0 heterocycles. The summed E-state index contributed by atoms with van der Waals surface area (Å²) < 4.78 is 0. The van der Waals surface area contributed by atoms with E-state index in [1.54, 1.807) is 12.1 Å². The van der Waals surface area contributed by atoms with E-state index < -0.39 is 0 Å². The highest BCUT2D eigenvalue weighted by molar-refractivity contribution is 6.30. The Labute approximate surface area is 148 Å². The Bertz CT molecular complexity index is 661. The lowest BCUT2D eigenvalue weighted by molar-refractivity contribution is -0.115. The summed E-state index contributed by atoms with van der Waals surface area (Å²) in [6, 6.07) is 15.9. The lowest BCUT2D eigenvalue weighted by Gasteiger charge is -2.23. The van der Waals surface area contributed by atoms with Crippen LogP contribution in [0, 0.1) is 0 Å². The average molecular weight is 343 g/mol. The molecule has 24 heavy (non-hydrogen) atoms. The fourth-order valence-corrected chi connectivity index (χ4v) is 3.25. The molecule has 0 atom stereocenters. The van der Waals surface area contributed by atoms with Gasteiger partial charge in [-0.1, -0.05) is 43.0 Å². The SMILES string of the molecule is O=C(Cc1ccc(Cl)cc1)Nc1ccc(NC2CCCCC2)cc1. The van der Waals surface area contributed by atoms with Crippen molar-refractivity contribution in [3.8, 4) is 0 Å². The molecule has 2 aromatic rings. The Morgan fingerprint density at radius 1 is 0.917 bits per heavy atom. The van der Waals surface area contributed by atoms with Gasteiger partial charge in [-0.25, -0.2) is 0 Å². The molecule has 1 aliphatic rings. The zero-order valence-corrected chi connectivity index (χ0v) is 14.5. The van der Waals surface area contributed by atoms with Gasteiger partial charge in [0.15, 0.2) is 0 Å². The van der Waals surface area contributed by atoms with Crippen LogP contribution < -0.4 is 10.6 Å². The van der Waals surface area contributed by atoms with Crippen LogP contribution in [0.15, 0.2) is 48.5 Å². The standard InChI is InChI=1S/C20H23ClN2O/c21-16-8-6-15(7-9-16)14-20(24)23-19-12-10-18(11-13-19)22-17-4-2-1-3-5-17/h6-13,17,22H,1-5,14H2,(H,23,24). The second-order valence-corrected chi connectivity index (χ2v) is 6.84. The first-order chi connectivity index (χ1) is 11.7. The van der Waals surface area contributed by atoms with Crippen LogP contribution in [-0.2, 0) is 11.2 Å². The number of nitrogens with one attached hydrogen (secondary N) is 2. The number of rotatable bonds is 5. The first-order valence-corrected chi connectivity index (χ1v) is 8.98. The van der Waals surface area contributed by atoms with Gasteiger partial charge < -0.3 is 10.6 Å². The summed E-state index contributed by atoms with van der Waals surface area (Å²) in [6.45, 7) is 0. The maximum Gasteiger partial charge on any atom is 0.228 e. The summed E-state index contributed by atoms with van der Waals surface area (Å²) >= 11 is 5.86. The molecule has 1 saturated carbocycles. The van der Waals surface area contributed by atoms with Gasteiger partial charge in [0, 0.05) is 22.4 Å². The lowest BCUT2D eigenvalue weighted by atomic mass is 9.95. The summed E-state index contributed by atoms with van der Waals surface area (Å²) in [5, 5.41) is 7.20. The molecule has 0 unspecified atom stereocenters. The highest BCUT2D eigenvalue weighted by atomic mass is 35.5. The van der Waals surface area contributed by atoms with Gasteiger partial charge in [-0.3, -0.25) is 4.79 Å². The second-order valence-electron chi connectivity index (χ2n) is 6.41. The molecule has 126 valence electrons. The molecule has 0 aromatic heterocycles. The molecular formula is C20H23ClN2O.